The molecule has 0 saturated carbocycles. The molecule has 0 fully saturated rings. The number of halogens is 3. The lowest BCUT2D eigenvalue weighted by Gasteiger charge is -2.07. The average Bonchev–Trinajstić information content (AvgIpc) is 2.38. The van der Waals surface area contributed by atoms with Crippen LogP contribution in [0.25, 0.3) is 11.4 Å². The molecule has 0 atom stereocenters. The van der Waals surface area contributed by atoms with E-state index in [-0.39, 0.29) is 12.2 Å². The van der Waals surface area contributed by atoms with E-state index >= 15 is 0 Å². The maximum absolute atomic E-state index is 11.8. The fourth-order valence-electron chi connectivity index (χ4n) is 1.52. The zero-order valence-corrected chi connectivity index (χ0v) is 12.9. The van der Waals surface area contributed by atoms with Crippen molar-refractivity contribution >= 4 is 39.1 Å². The van der Waals surface area contributed by atoms with E-state index in [1.165, 1.54) is 7.11 Å². The molecule has 1 aromatic carbocycles. The molecule has 0 aliphatic carbocycles. The minimum atomic E-state index is -0.275. The third-order valence-electron chi connectivity index (χ3n) is 2.41. The van der Waals surface area contributed by atoms with Crippen LogP contribution in [0.1, 0.15) is 5.69 Å². The molecule has 2 rings (SSSR count). The van der Waals surface area contributed by atoms with Gasteiger partial charge in [-0.25, -0.2) is 4.98 Å². The average molecular weight is 364 g/mol. The quantitative estimate of drug-likeness (QED) is 0.905. The molecule has 0 radical (unpaired) electrons. The van der Waals surface area contributed by atoms with Gasteiger partial charge in [-0.3, -0.25) is 4.79 Å². The van der Waals surface area contributed by atoms with Crippen LogP contribution in [0, 0.1) is 0 Å². The molecular weight excluding hydrogens is 355 g/mol. The van der Waals surface area contributed by atoms with Crippen LogP contribution in [0.2, 0.25) is 10.0 Å². The van der Waals surface area contributed by atoms with Gasteiger partial charge in [0.25, 0.3) is 5.56 Å². The highest BCUT2D eigenvalue weighted by Crippen LogP contribution is 2.27. The second-order valence-electron chi connectivity index (χ2n) is 3.74. The predicted molar refractivity (Wildman–Crippen MR) is 78.7 cm³/mol. The number of methoxy groups -OCH3 is 1. The van der Waals surface area contributed by atoms with Gasteiger partial charge in [0.2, 0.25) is 0 Å². The van der Waals surface area contributed by atoms with E-state index in [1.54, 1.807) is 18.2 Å². The minimum Gasteiger partial charge on any atom is -0.378 e. The number of aromatic nitrogens is 2. The van der Waals surface area contributed by atoms with Gasteiger partial charge >= 0.3 is 0 Å². The number of benzene rings is 1. The van der Waals surface area contributed by atoms with Crippen LogP contribution in [-0.4, -0.2) is 17.1 Å². The lowest BCUT2D eigenvalue weighted by molar-refractivity contribution is 0.180. The highest BCUT2D eigenvalue weighted by Gasteiger charge is 2.11. The third-order valence-corrected chi connectivity index (χ3v) is 3.96. The molecular formula is C12H9BrCl2N2O2. The lowest BCUT2D eigenvalue weighted by Crippen LogP contribution is -2.14. The maximum Gasteiger partial charge on any atom is 0.265 e. The first kappa shape index (κ1) is 14.5. The van der Waals surface area contributed by atoms with Crippen molar-refractivity contribution in [3.8, 4) is 11.4 Å². The monoisotopic (exact) mass is 362 g/mol. The number of hydrogen-bond donors (Lipinski definition) is 1. The number of hydrogen-bond acceptors (Lipinski definition) is 3. The number of nitrogens with one attached hydrogen (secondary N) is 1. The van der Waals surface area contributed by atoms with Crippen molar-refractivity contribution in [2.24, 2.45) is 0 Å². The van der Waals surface area contributed by atoms with Crippen LogP contribution < -0.4 is 5.56 Å². The minimum absolute atomic E-state index is 0.235. The molecule has 0 aliphatic rings. The Bertz CT molecular complexity index is 673. The SMILES string of the molecule is COCc1nc(-c2ccc(Cl)c(Cl)c2)[nH]c(=O)c1Br. The zero-order chi connectivity index (χ0) is 14.0. The first-order valence-corrected chi connectivity index (χ1v) is 6.81. The normalized spacial score (nSPS) is 10.7. The highest BCUT2D eigenvalue weighted by atomic mass is 79.9. The maximum atomic E-state index is 11.8. The van der Waals surface area contributed by atoms with E-state index in [9.17, 15) is 4.79 Å². The summed E-state index contributed by atoms with van der Waals surface area (Å²) in [4.78, 5) is 18.8. The van der Waals surface area contributed by atoms with Crippen molar-refractivity contribution in [2.75, 3.05) is 7.11 Å². The number of rotatable bonds is 3. The summed E-state index contributed by atoms with van der Waals surface area (Å²) >= 11 is 15.0. The lowest BCUT2D eigenvalue weighted by atomic mass is 10.2. The number of nitrogens with zero attached hydrogens (tertiary/aromatic N) is 1. The fraction of sp³-hybridized carbons (Fsp3) is 0.167. The molecule has 0 unspecified atom stereocenters. The van der Waals surface area contributed by atoms with Crippen LogP contribution in [-0.2, 0) is 11.3 Å². The molecule has 0 saturated heterocycles. The standard InChI is InChI=1S/C12H9BrCl2N2O2/c1-19-5-9-10(13)12(18)17-11(16-9)6-2-3-7(14)8(15)4-6/h2-4H,5H2,1H3,(H,16,17,18). The van der Waals surface area contributed by atoms with E-state index in [0.29, 0.717) is 31.6 Å². The van der Waals surface area contributed by atoms with Crippen LogP contribution in [0.3, 0.4) is 0 Å². The van der Waals surface area contributed by atoms with Gasteiger partial charge in [-0.15, -0.1) is 0 Å². The van der Waals surface area contributed by atoms with Gasteiger partial charge in [-0.05, 0) is 34.1 Å². The van der Waals surface area contributed by atoms with Gasteiger partial charge in [-0.1, -0.05) is 23.2 Å². The number of ether oxygens (including phenoxy) is 1. The zero-order valence-electron chi connectivity index (χ0n) is 9.84. The van der Waals surface area contributed by atoms with Gasteiger partial charge in [-0.2, -0.15) is 0 Å². The van der Waals surface area contributed by atoms with E-state index in [4.69, 9.17) is 27.9 Å². The van der Waals surface area contributed by atoms with E-state index < -0.39 is 0 Å². The largest absolute Gasteiger partial charge is 0.378 e. The first-order valence-electron chi connectivity index (χ1n) is 5.26. The molecule has 1 N–H and O–H groups in total. The molecule has 0 bridgehead atoms. The molecule has 19 heavy (non-hydrogen) atoms. The molecule has 0 aliphatic heterocycles. The van der Waals surface area contributed by atoms with Crippen LogP contribution >= 0.6 is 39.1 Å². The Morgan fingerprint density at radius 2 is 2.11 bits per heavy atom. The Labute approximate surface area is 127 Å². The van der Waals surface area contributed by atoms with E-state index in [1.807, 2.05) is 0 Å². The van der Waals surface area contributed by atoms with Gasteiger partial charge in [0.05, 0.1) is 22.3 Å². The first-order chi connectivity index (χ1) is 9.02. The van der Waals surface area contributed by atoms with Gasteiger partial charge in [0.1, 0.15) is 10.3 Å². The molecule has 0 amide bonds. The molecule has 2 aromatic rings. The van der Waals surface area contributed by atoms with Crippen LogP contribution in [0.5, 0.6) is 0 Å². The summed E-state index contributed by atoms with van der Waals surface area (Å²) in [5.41, 5.74) is 0.923. The van der Waals surface area contributed by atoms with Crippen molar-refractivity contribution in [3.05, 3.63) is 48.8 Å². The molecule has 7 heteroatoms. The Morgan fingerprint density at radius 3 is 2.74 bits per heavy atom. The van der Waals surface area contributed by atoms with Crippen LogP contribution in [0.4, 0.5) is 0 Å². The van der Waals surface area contributed by atoms with E-state index in [2.05, 4.69) is 25.9 Å². The fourth-order valence-corrected chi connectivity index (χ4v) is 2.12. The molecule has 1 heterocycles. The summed E-state index contributed by atoms with van der Waals surface area (Å²) in [7, 11) is 1.54. The molecule has 0 spiro atoms. The van der Waals surface area contributed by atoms with Gasteiger partial charge < -0.3 is 9.72 Å². The van der Waals surface area contributed by atoms with Crippen molar-refractivity contribution in [1.82, 2.24) is 9.97 Å². The molecule has 1 aromatic heterocycles. The summed E-state index contributed by atoms with van der Waals surface area (Å²) in [6.45, 7) is 0.235. The Morgan fingerprint density at radius 1 is 1.37 bits per heavy atom. The summed E-state index contributed by atoms with van der Waals surface area (Å²) in [5, 5.41) is 0.847. The van der Waals surface area contributed by atoms with Gasteiger partial charge in [0.15, 0.2) is 0 Å². The smallest absolute Gasteiger partial charge is 0.265 e. The summed E-state index contributed by atoms with van der Waals surface area (Å²) < 4.78 is 5.36. The second kappa shape index (κ2) is 6.05. The van der Waals surface area contributed by atoms with Crippen molar-refractivity contribution in [3.63, 3.8) is 0 Å². The third kappa shape index (κ3) is 3.17. The van der Waals surface area contributed by atoms with Gasteiger partial charge in [0, 0.05) is 12.7 Å². The van der Waals surface area contributed by atoms with Crippen molar-refractivity contribution in [1.29, 1.82) is 0 Å². The summed E-state index contributed by atoms with van der Waals surface area (Å²) in [5.74, 6) is 0.416. The molecule has 100 valence electrons. The van der Waals surface area contributed by atoms with E-state index in [0.717, 1.165) is 0 Å². The predicted octanol–water partition coefficient (Wildman–Crippen LogP) is 3.65. The Kier molecular flexibility index (Phi) is 4.62. The number of H-pyrrole nitrogens is 1. The number of aromatic amines is 1. The van der Waals surface area contributed by atoms with Crippen molar-refractivity contribution < 1.29 is 4.74 Å². The summed E-state index contributed by atoms with van der Waals surface area (Å²) in [6.07, 6.45) is 0. The highest BCUT2D eigenvalue weighted by molar-refractivity contribution is 9.10. The van der Waals surface area contributed by atoms with Crippen LogP contribution in [0.15, 0.2) is 27.5 Å². The topological polar surface area (TPSA) is 55.0 Å². The second-order valence-corrected chi connectivity index (χ2v) is 5.34. The Balaban J connectivity index is 2.56. The molecule has 4 nitrogen and oxygen atoms in total. The summed E-state index contributed by atoms with van der Waals surface area (Å²) in [6, 6.07) is 5.03. The Hall–Kier alpha value is -0.880. The van der Waals surface area contributed by atoms with Crippen molar-refractivity contribution in [2.45, 2.75) is 6.61 Å².